The van der Waals surface area contributed by atoms with Gasteiger partial charge in [-0.2, -0.15) is 0 Å². The van der Waals surface area contributed by atoms with Crippen LogP contribution in [0.1, 0.15) is 23.7 Å². The van der Waals surface area contributed by atoms with Crippen molar-refractivity contribution in [2.24, 2.45) is 5.92 Å². The Bertz CT molecular complexity index is 499. The molecule has 0 aromatic heterocycles. The Balaban J connectivity index is 2.61. The quantitative estimate of drug-likeness (QED) is 0.846. The predicted octanol–water partition coefficient (Wildman–Crippen LogP) is 2.43. The second-order valence-corrected chi connectivity index (χ2v) is 4.23. The van der Waals surface area contributed by atoms with E-state index in [9.17, 15) is 22.8 Å². The summed E-state index contributed by atoms with van der Waals surface area (Å²) in [4.78, 5) is 22.5. The number of nitrogens with one attached hydrogen (secondary N) is 1. The third-order valence-corrected chi connectivity index (χ3v) is 2.70. The van der Waals surface area contributed by atoms with Crippen molar-refractivity contribution >= 4 is 11.9 Å². The second kappa shape index (κ2) is 6.96. The normalized spacial score (nSPS) is 12.6. The summed E-state index contributed by atoms with van der Waals surface area (Å²) in [6, 6.07) is 4.35. The van der Waals surface area contributed by atoms with E-state index in [2.05, 4.69) is 10.1 Å². The fourth-order valence-corrected chi connectivity index (χ4v) is 1.53. The van der Waals surface area contributed by atoms with Crippen LogP contribution in [0.3, 0.4) is 0 Å². The van der Waals surface area contributed by atoms with Crippen LogP contribution in [0.25, 0.3) is 0 Å². The zero-order valence-corrected chi connectivity index (χ0v) is 11.1. The molecule has 116 valence electrons. The Kier molecular flexibility index (Phi) is 5.57. The van der Waals surface area contributed by atoms with Gasteiger partial charge in [0.25, 0.3) is 5.91 Å². The fourth-order valence-electron chi connectivity index (χ4n) is 1.53. The van der Waals surface area contributed by atoms with E-state index < -0.39 is 29.9 Å². The number of hydrogen-bond donors (Lipinski definition) is 2. The third kappa shape index (κ3) is 5.72. The predicted molar refractivity (Wildman–Crippen MR) is 66.9 cm³/mol. The first-order chi connectivity index (χ1) is 9.73. The summed E-state index contributed by atoms with van der Waals surface area (Å²) >= 11 is 0. The molecule has 1 unspecified atom stereocenters. The summed E-state index contributed by atoms with van der Waals surface area (Å²) in [5, 5.41) is 11.2. The van der Waals surface area contributed by atoms with Crippen LogP contribution < -0.4 is 10.1 Å². The van der Waals surface area contributed by atoms with E-state index in [4.69, 9.17) is 5.11 Å². The first-order valence-electron chi connectivity index (χ1n) is 6.09. The largest absolute Gasteiger partial charge is 0.573 e. The Labute approximate surface area is 118 Å². The Morgan fingerprint density at radius 1 is 1.29 bits per heavy atom. The first-order valence-corrected chi connectivity index (χ1v) is 6.09. The SMILES string of the molecule is CCC(CNC(=O)c1ccc(OC(F)(F)F)cc1)C(=O)O. The van der Waals surface area contributed by atoms with E-state index in [1.54, 1.807) is 6.92 Å². The fraction of sp³-hybridized carbons (Fsp3) is 0.385. The first kappa shape index (κ1) is 16.8. The molecule has 2 N–H and O–H groups in total. The van der Waals surface area contributed by atoms with Gasteiger partial charge in [-0.1, -0.05) is 6.92 Å². The lowest BCUT2D eigenvalue weighted by atomic mass is 10.1. The zero-order valence-electron chi connectivity index (χ0n) is 11.1. The number of amides is 1. The minimum atomic E-state index is -4.79. The molecule has 0 bridgehead atoms. The maximum atomic E-state index is 12.0. The van der Waals surface area contributed by atoms with Gasteiger partial charge in [-0.3, -0.25) is 9.59 Å². The van der Waals surface area contributed by atoms with Crippen LogP contribution in [0.5, 0.6) is 5.75 Å². The number of carbonyl (C=O) groups is 2. The number of carbonyl (C=O) groups excluding carboxylic acids is 1. The summed E-state index contributed by atoms with van der Waals surface area (Å²) < 4.78 is 39.6. The van der Waals surface area contributed by atoms with Gasteiger partial charge in [0.05, 0.1) is 5.92 Å². The van der Waals surface area contributed by atoms with Gasteiger partial charge in [-0.15, -0.1) is 13.2 Å². The highest BCUT2D eigenvalue weighted by atomic mass is 19.4. The molecule has 1 atom stereocenters. The van der Waals surface area contributed by atoms with Crippen LogP contribution in [0.15, 0.2) is 24.3 Å². The molecule has 1 rings (SSSR count). The van der Waals surface area contributed by atoms with Gasteiger partial charge >= 0.3 is 12.3 Å². The highest BCUT2D eigenvalue weighted by Crippen LogP contribution is 2.22. The van der Waals surface area contributed by atoms with Crippen LogP contribution in [0, 0.1) is 5.92 Å². The maximum Gasteiger partial charge on any atom is 0.573 e. The lowest BCUT2D eigenvalue weighted by Crippen LogP contribution is -2.32. The summed E-state index contributed by atoms with van der Waals surface area (Å²) in [5.74, 6) is -2.72. The molecule has 8 heteroatoms. The maximum absolute atomic E-state index is 12.0. The molecule has 0 aliphatic rings. The molecule has 0 saturated carbocycles. The molecule has 0 radical (unpaired) electrons. The molecule has 1 amide bonds. The van der Waals surface area contributed by atoms with Crippen molar-refractivity contribution in [2.75, 3.05) is 6.54 Å². The average Bonchev–Trinajstić information content (AvgIpc) is 2.37. The minimum Gasteiger partial charge on any atom is -0.481 e. The third-order valence-electron chi connectivity index (χ3n) is 2.70. The number of alkyl halides is 3. The van der Waals surface area contributed by atoms with Gasteiger partial charge in [0.1, 0.15) is 5.75 Å². The van der Waals surface area contributed by atoms with E-state index in [0.717, 1.165) is 24.3 Å². The summed E-state index contributed by atoms with van der Waals surface area (Å²) in [6.07, 6.45) is -4.44. The Hall–Kier alpha value is -2.25. The zero-order chi connectivity index (χ0) is 16.0. The van der Waals surface area contributed by atoms with Crippen LogP contribution in [-0.2, 0) is 4.79 Å². The second-order valence-electron chi connectivity index (χ2n) is 4.23. The lowest BCUT2D eigenvalue weighted by molar-refractivity contribution is -0.274. The number of halogens is 3. The van der Waals surface area contributed by atoms with Crippen LogP contribution in [-0.4, -0.2) is 29.9 Å². The van der Waals surface area contributed by atoms with Crippen molar-refractivity contribution in [3.8, 4) is 5.75 Å². The highest BCUT2D eigenvalue weighted by molar-refractivity contribution is 5.94. The number of benzene rings is 1. The number of carboxylic acid groups (broad SMARTS) is 1. The van der Waals surface area contributed by atoms with Crippen molar-refractivity contribution in [3.63, 3.8) is 0 Å². The highest BCUT2D eigenvalue weighted by Gasteiger charge is 2.31. The van der Waals surface area contributed by atoms with Crippen molar-refractivity contribution in [2.45, 2.75) is 19.7 Å². The number of hydrogen-bond acceptors (Lipinski definition) is 3. The molecule has 0 saturated heterocycles. The van der Waals surface area contributed by atoms with Crippen molar-refractivity contribution < 1.29 is 32.6 Å². The lowest BCUT2D eigenvalue weighted by Gasteiger charge is -2.12. The number of carboxylic acids is 1. The molecule has 0 heterocycles. The van der Waals surface area contributed by atoms with Gasteiger partial charge in [-0.05, 0) is 30.7 Å². The number of ether oxygens (including phenoxy) is 1. The van der Waals surface area contributed by atoms with E-state index in [1.807, 2.05) is 0 Å². The smallest absolute Gasteiger partial charge is 0.481 e. The van der Waals surface area contributed by atoms with Gasteiger partial charge < -0.3 is 15.2 Å². The van der Waals surface area contributed by atoms with Gasteiger partial charge in [0.2, 0.25) is 0 Å². The molecule has 0 aliphatic heterocycles. The molecule has 0 spiro atoms. The molecular formula is C13H14F3NO4. The monoisotopic (exact) mass is 305 g/mol. The van der Waals surface area contributed by atoms with Crippen LogP contribution in [0.2, 0.25) is 0 Å². The van der Waals surface area contributed by atoms with Gasteiger partial charge in [-0.25, -0.2) is 0 Å². The molecule has 21 heavy (non-hydrogen) atoms. The number of rotatable bonds is 6. The molecule has 1 aromatic rings. The standard InChI is InChI=1S/C13H14F3NO4/c1-2-8(12(19)20)7-17-11(18)9-3-5-10(6-4-9)21-13(14,15)16/h3-6,8H,2,7H2,1H3,(H,17,18)(H,19,20). The average molecular weight is 305 g/mol. The topological polar surface area (TPSA) is 75.6 Å². The van der Waals surface area contributed by atoms with Crippen LogP contribution >= 0.6 is 0 Å². The molecule has 0 aliphatic carbocycles. The van der Waals surface area contributed by atoms with Crippen molar-refractivity contribution in [3.05, 3.63) is 29.8 Å². The summed E-state index contributed by atoms with van der Waals surface area (Å²) in [5.41, 5.74) is 0.116. The molecular weight excluding hydrogens is 291 g/mol. The van der Waals surface area contributed by atoms with E-state index in [0.29, 0.717) is 6.42 Å². The van der Waals surface area contributed by atoms with E-state index in [1.165, 1.54) is 0 Å². The molecule has 5 nitrogen and oxygen atoms in total. The van der Waals surface area contributed by atoms with Crippen molar-refractivity contribution in [1.82, 2.24) is 5.32 Å². The van der Waals surface area contributed by atoms with Crippen molar-refractivity contribution in [1.29, 1.82) is 0 Å². The minimum absolute atomic E-state index is 0.0501. The van der Waals surface area contributed by atoms with E-state index in [-0.39, 0.29) is 12.1 Å². The summed E-state index contributed by atoms with van der Waals surface area (Å²) in [6.45, 7) is 1.62. The molecule has 0 fully saturated rings. The van der Waals surface area contributed by atoms with E-state index >= 15 is 0 Å². The summed E-state index contributed by atoms with van der Waals surface area (Å²) in [7, 11) is 0. The van der Waals surface area contributed by atoms with Gasteiger partial charge in [0, 0.05) is 12.1 Å². The molecule has 1 aromatic carbocycles. The number of aliphatic carboxylic acids is 1. The van der Waals surface area contributed by atoms with Gasteiger partial charge in [0.15, 0.2) is 0 Å². The van der Waals surface area contributed by atoms with Crippen LogP contribution in [0.4, 0.5) is 13.2 Å². The Morgan fingerprint density at radius 2 is 1.86 bits per heavy atom. The Morgan fingerprint density at radius 3 is 2.29 bits per heavy atom.